The van der Waals surface area contributed by atoms with Crippen molar-refractivity contribution in [3.05, 3.63) is 23.8 Å². The molecule has 0 saturated carbocycles. The smallest absolute Gasteiger partial charge is 0.437 e. The standard InChI is InChI=1S/C16H19F3N2O6/c1-4-27-13(22)10-11(8-6-5-7-9(25-2)12(8)26-3)20-14(23)21-15(10,24)16(17,18)19/h5-7,10-11,24H,4H2,1-3H3,(H2,20,21,23)/t10-,11+,15-/m1/s1. The number of aliphatic hydroxyl groups is 1. The number of carbonyl (C=O) groups excluding carboxylic acids is 2. The monoisotopic (exact) mass is 392 g/mol. The first-order valence-corrected chi connectivity index (χ1v) is 7.86. The first kappa shape index (κ1) is 20.6. The Balaban J connectivity index is 2.68. The zero-order valence-corrected chi connectivity index (χ0v) is 14.7. The summed E-state index contributed by atoms with van der Waals surface area (Å²) in [6, 6.07) is 1.36. The third kappa shape index (κ3) is 3.59. The fourth-order valence-electron chi connectivity index (χ4n) is 2.95. The number of rotatable bonds is 5. The summed E-state index contributed by atoms with van der Waals surface area (Å²) in [5.74, 6) is -3.41. The zero-order chi connectivity index (χ0) is 20.4. The molecule has 3 N–H and O–H groups in total. The summed E-state index contributed by atoms with van der Waals surface area (Å²) in [5.41, 5.74) is -3.84. The van der Waals surface area contributed by atoms with Crippen LogP contribution in [0, 0.1) is 5.92 Å². The lowest BCUT2D eigenvalue weighted by Crippen LogP contribution is -2.73. The van der Waals surface area contributed by atoms with E-state index in [-0.39, 0.29) is 23.7 Å². The molecule has 0 bridgehead atoms. The summed E-state index contributed by atoms with van der Waals surface area (Å²) >= 11 is 0. The van der Waals surface area contributed by atoms with Crippen LogP contribution in [0.1, 0.15) is 18.5 Å². The number of hydrogen-bond donors (Lipinski definition) is 3. The SMILES string of the molecule is CCOC(=O)[C@H]1[C@H](c2cccc(OC)c2OC)NC(=O)N[C@]1(O)C(F)(F)F. The summed E-state index contributed by atoms with van der Waals surface area (Å²) in [6.45, 7) is 1.18. The van der Waals surface area contributed by atoms with Crippen molar-refractivity contribution >= 4 is 12.0 Å². The molecular formula is C16H19F3N2O6. The molecule has 1 fully saturated rings. The van der Waals surface area contributed by atoms with Crippen molar-refractivity contribution in [2.45, 2.75) is 24.9 Å². The van der Waals surface area contributed by atoms with Gasteiger partial charge in [-0.25, -0.2) is 4.79 Å². The maximum atomic E-state index is 13.6. The topological polar surface area (TPSA) is 106 Å². The van der Waals surface area contributed by atoms with Crippen molar-refractivity contribution in [1.29, 1.82) is 0 Å². The van der Waals surface area contributed by atoms with E-state index >= 15 is 0 Å². The number of esters is 1. The minimum Gasteiger partial charge on any atom is -0.493 e. The first-order valence-electron chi connectivity index (χ1n) is 7.86. The summed E-state index contributed by atoms with van der Waals surface area (Å²) in [7, 11) is 2.57. The van der Waals surface area contributed by atoms with Gasteiger partial charge in [-0.2, -0.15) is 13.2 Å². The van der Waals surface area contributed by atoms with E-state index in [1.54, 1.807) is 0 Å². The van der Waals surface area contributed by atoms with Gasteiger partial charge in [0.25, 0.3) is 5.72 Å². The van der Waals surface area contributed by atoms with E-state index in [0.29, 0.717) is 0 Å². The normalized spacial score (nSPS) is 25.2. The number of hydrogen-bond acceptors (Lipinski definition) is 6. The van der Waals surface area contributed by atoms with Crippen molar-refractivity contribution in [2.75, 3.05) is 20.8 Å². The molecule has 27 heavy (non-hydrogen) atoms. The van der Waals surface area contributed by atoms with Crippen LogP contribution < -0.4 is 20.1 Å². The van der Waals surface area contributed by atoms with Gasteiger partial charge in [0, 0.05) is 5.56 Å². The average Bonchev–Trinajstić information content (AvgIpc) is 2.59. The van der Waals surface area contributed by atoms with Gasteiger partial charge in [-0.3, -0.25) is 4.79 Å². The van der Waals surface area contributed by atoms with Gasteiger partial charge < -0.3 is 30.0 Å². The van der Waals surface area contributed by atoms with Crippen LogP contribution in [-0.4, -0.2) is 49.8 Å². The number of carbonyl (C=O) groups is 2. The number of benzene rings is 1. The highest BCUT2D eigenvalue weighted by Gasteiger charge is 2.67. The fourth-order valence-corrected chi connectivity index (χ4v) is 2.95. The zero-order valence-electron chi connectivity index (χ0n) is 14.7. The van der Waals surface area contributed by atoms with Gasteiger partial charge in [-0.15, -0.1) is 0 Å². The van der Waals surface area contributed by atoms with Gasteiger partial charge in [-0.1, -0.05) is 12.1 Å². The molecule has 0 aliphatic carbocycles. The second-order valence-electron chi connectivity index (χ2n) is 5.65. The Labute approximate surface area is 152 Å². The predicted octanol–water partition coefficient (Wildman–Crippen LogP) is 1.49. The Hall–Kier alpha value is -2.69. The van der Waals surface area contributed by atoms with Crippen molar-refractivity contribution < 1.29 is 42.1 Å². The summed E-state index contributed by atoms with van der Waals surface area (Å²) in [5, 5.41) is 13.9. The van der Waals surface area contributed by atoms with Gasteiger partial charge in [0.05, 0.1) is 26.9 Å². The second kappa shape index (κ2) is 7.51. The van der Waals surface area contributed by atoms with E-state index in [9.17, 15) is 27.9 Å². The van der Waals surface area contributed by atoms with E-state index in [1.165, 1.54) is 44.7 Å². The lowest BCUT2D eigenvalue weighted by molar-refractivity contribution is -0.294. The number of nitrogens with one attached hydrogen (secondary N) is 2. The molecular weight excluding hydrogens is 373 g/mol. The number of para-hydroxylation sites is 1. The molecule has 0 unspecified atom stereocenters. The number of halogens is 3. The van der Waals surface area contributed by atoms with E-state index in [1.807, 2.05) is 0 Å². The lowest BCUT2D eigenvalue weighted by Gasteiger charge is -2.44. The molecule has 1 heterocycles. The Kier molecular flexibility index (Phi) is 5.73. The summed E-state index contributed by atoms with van der Waals surface area (Å²) < 4.78 is 55.8. The van der Waals surface area contributed by atoms with Crippen molar-refractivity contribution in [2.24, 2.45) is 5.92 Å². The van der Waals surface area contributed by atoms with Crippen LogP contribution in [0.3, 0.4) is 0 Å². The van der Waals surface area contributed by atoms with Gasteiger partial charge in [-0.05, 0) is 13.0 Å². The maximum absolute atomic E-state index is 13.6. The number of ether oxygens (including phenoxy) is 3. The molecule has 11 heteroatoms. The second-order valence-corrected chi connectivity index (χ2v) is 5.65. The van der Waals surface area contributed by atoms with E-state index in [4.69, 9.17) is 14.2 Å². The highest BCUT2D eigenvalue weighted by molar-refractivity contribution is 5.83. The minimum atomic E-state index is -5.35. The summed E-state index contributed by atoms with van der Waals surface area (Å²) in [4.78, 5) is 24.2. The molecule has 0 radical (unpaired) electrons. The van der Waals surface area contributed by atoms with Crippen LogP contribution in [0.2, 0.25) is 0 Å². The van der Waals surface area contributed by atoms with Crippen LogP contribution in [0.5, 0.6) is 11.5 Å². The lowest BCUT2D eigenvalue weighted by atomic mass is 9.81. The maximum Gasteiger partial charge on any atom is 0.437 e. The molecule has 2 amide bonds. The molecule has 1 saturated heterocycles. The summed E-state index contributed by atoms with van der Waals surface area (Å²) in [6.07, 6.45) is -5.35. The molecule has 1 aliphatic rings. The van der Waals surface area contributed by atoms with Crippen LogP contribution in [0.25, 0.3) is 0 Å². The quantitative estimate of drug-likeness (QED) is 0.656. The van der Waals surface area contributed by atoms with Gasteiger partial charge in [0.1, 0.15) is 5.92 Å². The Morgan fingerprint density at radius 2 is 1.96 bits per heavy atom. The van der Waals surface area contributed by atoms with Crippen molar-refractivity contribution in [3.8, 4) is 11.5 Å². The van der Waals surface area contributed by atoms with Crippen LogP contribution in [-0.2, 0) is 9.53 Å². The molecule has 1 aromatic rings. The largest absolute Gasteiger partial charge is 0.493 e. The molecule has 2 rings (SSSR count). The van der Waals surface area contributed by atoms with Crippen molar-refractivity contribution in [1.82, 2.24) is 10.6 Å². The molecule has 8 nitrogen and oxygen atoms in total. The highest BCUT2D eigenvalue weighted by Crippen LogP contribution is 2.46. The number of urea groups is 1. The molecule has 0 aromatic heterocycles. The average molecular weight is 392 g/mol. The number of alkyl halides is 3. The molecule has 0 spiro atoms. The Bertz CT molecular complexity index is 727. The first-order chi connectivity index (χ1) is 12.6. The molecule has 1 aromatic carbocycles. The van der Waals surface area contributed by atoms with Crippen LogP contribution >= 0.6 is 0 Å². The minimum absolute atomic E-state index is 0.00558. The van der Waals surface area contributed by atoms with E-state index in [0.717, 1.165) is 0 Å². The van der Waals surface area contributed by atoms with Gasteiger partial charge in [0.15, 0.2) is 11.5 Å². The van der Waals surface area contributed by atoms with E-state index < -0.39 is 35.9 Å². The van der Waals surface area contributed by atoms with Gasteiger partial charge in [0.2, 0.25) is 0 Å². The number of methoxy groups -OCH3 is 2. The van der Waals surface area contributed by atoms with Crippen LogP contribution in [0.15, 0.2) is 18.2 Å². The third-order valence-corrected chi connectivity index (χ3v) is 4.12. The number of amides is 2. The highest BCUT2D eigenvalue weighted by atomic mass is 19.4. The fraction of sp³-hybridized carbons (Fsp3) is 0.500. The predicted molar refractivity (Wildman–Crippen MR) is 85.1 cm³/mol. The van der Waals surface area contributed by atoms with E-state index in [2.05, 4.69) is 5.32 Å². The molecule has 3 atom stereocenters. The molecule has 1 aliphatic heterocycles. The van der Waals surface area contributed by atoms with Crippen molar-refractivity contribution in [3.63, 3.8) is 0 Å². The third-order valence-electron chi connectivity index (χ3n) is 4.12. The Morgan fingerprint density at radius 1 is 1.30 bits per heavy atom. The Morgan fingerprint density at radius 3 is 2.48 bits per heavy atom. The molecule has 150 valence electrons. The van der Waals surface area contributed by atoms with Crippen LogP contribution in [0.4, 0.5) is 18.0 Å². The van der Waals surface area contributed by atoms with Gasteiger partial charge >= 0.3 is 18.2 Å².